The maximum absolute atomic E-state index is 13.5. The van der Waals surface area contributed by atoms with Crippen molar-refractivity contribution in [3.63, 3.8) is 0 Å². The van der Waals surface area contributed by atoms with Gasteiger partial charge in [0.2, 0.25) is 15.9 Å². The van der Waals surface area contributed by atoms with Crippen LogP contribution in [0.15, 0.2) is 71.6 Å². The lowest BCUT2D eigenvalue weighted by Gasteiger charge is -2.22. The fourth-order valence-electron chi connectivity index (χ4n) is 3.35. The first-order valence-electron chi connectivity index (χ1n) is 10.3. The number of carbonyl (C=O) groups is 1. The minimum Gasteiger partial charge on any atom is -0.496 e. The number of aryl methyl sites for hydroxylation is 3. The number of anilines is 1. The van der Waals surface area contributed by atoms with Gasteiger partial charge in [0.25, 0.3) is 0 Å². The summed E-state index contributed by atoms with van der Waals surface area (Å²) in [5.41, 5.74) is 4.29. The zero-order valence-electron chi connectivity index (χ0n) is 18.8. The summed E-state index contributed by atoms with van der Waals surface area (Å²) >= 11 is 0. The van der Waals surface area contributed by atoms with Crippen LogP contribution in [0.5, 0.6) is 5.75 Å². The molecule has 0 saturated carbocycles. The fraction of sp³-hybridized carbons (Fsp3) is 0.240. The number of sulfonamides is 1. The van der Waals surface area contributed by atoms with E-state index < -0.39 is 15.9 Å². The van der Waals surface area contributed by atoms with Crippen LogP contribution in [0.1, 0.15) is 22.3 Å². The summed E-state index contributed by atoms with van der Waals surface area (Å²) in [6, 6.07) is 19.5. The largest absolute Gasteiger partial charge is 0.496 e. The molecule has 32 heavy (non-hydrogen) atoms. The molecule has 0 saturated heterocycles. The Morgan fingerprint density at radius 2 is 1.62 bits per heavy atom. The third-order valence-electron chi connectivity index (χ3n) is 5.32. The monoisotopic (exact) mass is 452 g/mol. The Kier molecular flexibility index (Phi) is 7.33. The van der Waals surface area contributed by atoms with E-state index in [1.54, 1.807) is 19.1 Å². The van der Waals surface area contributed by atoms with Crippen LogP contribution in [0, 0.1) is 20.8 Å². The number of hydrogen-bond donors (Lipinski definition) is 1. The molecule has 168 valence electrons. The smallest absolute Gasteiger partial charge is 0.243 e. The Morgan fingerprint density at radius 1 is 0.906 bits per heavy atom. The lowest BCUT2D eigenvalue weighted by molar-refractivity contribution is -0.116. The molecule has 0 aliphatic rings. The molecule has 6 nitrogen and oxygen atoms in total. The number of ether oxygens (including phenoxy) is 1. The molecule has 0 unspecified atom stereocenters. The van der Waals surface area contributed by atoms with Crippen LogP contribution in [-0.2, 0) is 21.4 Å². The summed E-state index contributed by atoms with van der Waals surface area (Å²) in [5.74, 6) is 0.198. The SMILES string of the molecule is COc1ccc(S(=O)(=O)N(CC(=O)Nc2ccc(C)c(C)c2)Cc2ccccc2)cc1C. The number of carbonyl (C=O) groups excluding carboxylic acids is 1. The average Bonchev–Trinajstić information content (AvgIpc) is 2.76. The lowest BCUT2D eigenvalue weighted by atomic mass is 10.1. The normalized spacial score (nSPS) is 11.4. The van der Waals surface area contributed by atoms with Gasteiger partial charge in [0.15, 0.2) is 0 Å². The van der Waals surface area contributed by atoms with E-state index in [0.29, 0.717) is 17.0 Å². The van der Waals surface area contributed by atoms with Crippen molar-refractivity contribution in [2.75, 3.05) is 19.0 Å². The molecule has 0 aliphatic heterocycles. The van der Waals surface area contributed by atoms with Gasteiger partial charge >= 0.3 is 0 Å². The molecule has 0 aromatic heterocycles. The van der Waals surface area contributed by atoms with Gasteiger partial charge in [0, 0.05) is 12.2 Å². The van der Waals surface area contributed by atoms with E-state index in [4.69, 9.17) is 4.74 Å². The number of benzene rings is 3. The minimum atomic E-state index is -3.93. The molecule has 0 aliphatic carbocycles. The minimum absolute atomic E-state index is 0.0780. The van der Waals surface area contributed by atoms with Crippen LogP contribution in [0.25, 0.3) is 0 Å². The summed E-state index contributed by atoms with van der Waals surface area (Å²) in [4.78, 5) is 12.9. The molecule has 0 radical (unpaired) electrons. The Bertz CT molecular complexity index is 1210. The molecule has 3 aromatic rings. The number of amides is 1. The zero-order chi connectivity index (χ0) is 23.3. The van der Waals surface area contributed by atoms with Gasteiger partial charge in [-0.25, -0.2) is 8.42 Å². The van der Waals surface area contributed by atoms with Crippen molar-refractivity contribution in [3.05, 3.63) is 89.0 Å². The van der Waals surface area contributed by atoms with Crippen LogP contribution in [0.2, 0.25) is 0 Å². The molecule has 0 atom stereocenters. The van der Waals surface area contributed by atoms with Gasteiger partial charge in [-0.1, -0.05) is 36.4 Å². The predicted octanol–water partition coefficient (Wildman–Crippen LogP) is 4.45. The molecular formula is C25H28N2O4S. The molecule has 1 amide bonds. The Hall–Kier alpha value is -3.16. The second-order valence-electron chi connectivity index (χ2n) is 7.74. The third-order valence-corrected chi connectivity index (χ3v) is 7.10. The van der Waals surface area contributed by atoms with Gasteiger partial charge < -0.3 is 10.1 Å². The summed E-state index contributed by atoms with van der Waals surface area (Å²) < 4.78 is 33.4. The molecular weight excluding hydrogens is 424 g/mol. The molecule has 1 N–H and O–H groups in total. The number of rotatable bonds is 8. The van der Waals surface area contributed by atoms with Crippen molar-refractivity contribution in [2.45, 2.75) is 32.2 Å². The van der Waals surface area contributed by atoms with Crippen LogP contribution in [0.4, 0.5) is 5.69 Å². The van der Waals surface area contributed by atoms with Crippen LogP contribution < -0.4 is 10.1 Å². The van der Waals surface area contributed by atoms with Crippen LogP contribution in [0.3, 0.4) is 0 Å². The highest BCUT2D eigenvalue weighted by molar-refractivity contribution is 7.89. The van der Waals surface area contributed by atoms with E-state index in [0.717, 1.165) is 16.7 Å². The van der Waals surface area contributed by atoms with E-state index in [-0.39, 0.29) is 18.0 Å². The molecule has 3 aromatic carbocycles. The average molecular weight is 453 g/mol. The van der Waals surface area contributed by atoms with Crippen LogP contribution in [-0.4, -0.2) is 32.3 Å². The first kappa shape index (κ1) is 23.5. The van der Waals surface area contributed by atoms with E-state index in [2.05, 4.69) is 5.32 Å². The number of methoxy groups -OCH3 is 1. The van der Waals surface area contributed by atoms with Crippen molar-refractivity contribution in [1.82, 2.24) is 4.31 Å². The van der Waals surface area contributed by atoms with Gasteiger partial charge in [-0.05, 0) is 73.4 Å². The van der Waals surface area contributed by atoms with Gasteiger partial charge in [-0.15, -0.1) is 0 Å². The standard InChI is InChI=1S/C25H28N2O4S/c1-18-10-11-22(14-19(18)2)26-25(28)17-27(16-21-8-6-5-7-9-21)32(29,30)23-12-13-24(31-4)20(3)15-23/h5-15H,16-17H2,1-4H3,(H,26,28). The summed E-state index contributed by atoms with van der Waals surface area (Å²) in [7, 11) is -2.39. The van der Waals surface area contributed by atoms with Crippen molar-refractivity contribution < 1.29 is 17.9 Å². The van der Waals surface area contributed by atoms with E-state index in [9.17, 15) is 13.2 Å². The zero-order valence-corrected chi connectivity index (χ0v) is 19.6. The summed E-state index contributed by atoms with van der Waals surface area (Å²) in [6.45, 7) is 5.50. The van der Waals surface area contributed by atoms with Crippen molar-refractivity contribution >= 4 is 21.6 Å². The van der Waals surface area contributed by atoms with E-state index >= 15 is 0 Å². The maximum atomic E-state index is 13.5. The topological polar surface area (TPSA) is 75.7 Å². The fourth-order valence-corrected chi connectivity index (χ4v) is 4.82. The highest BCUT2D eigenvalue weighted by Gasteiger charge is 2.27. The quantitative estimate of drug-likeness (QED) is 0.548. The van der Waals surface area contributed by atoms with Crippen molar-refractivity contribution in [3.8, 4) is 5.75 Å². The van der Waals surface area contributed by atoms with Gasteiger partial charge in [0.1, 0.15) is 5.75 Å². The second kappa shape index (κ2) is 9.97. The van der Waals surface area contributed by atoms with Crippen molar-refractivity contribution in [2.24, 2.45) is 0 Å². The predicted molar refractivity (Wildman–Crippen MR) is 126 cm³/mol. The Morgan fingerprint density at radius 3 is 2.25 bits per heavy atom. The highest BCUT2D eigenvalue weighted by atomic mass is 32.2. The number of nitrogens with zero attached hydrogens (tertiary/aromatic N) is 1. The Balaban J connectivity index is 1.89. The first-order chi connectivity index (χ1) is 15.2. The Labute approximate surface area is 189 Å². The third kappa shape index (κ3) is 5.55. The van der Waals surface area contributed by atoms with E-state index in [1.165, 1.54) is 17.5 Å². The molecule has 0 heterocycles. The van der Waals surface area contributed by atoms with Gasteiger partial charge in [-0.3, -0.25) is 4.79 Å². The molecule has 0 fully saturated rings. The van der Waals surface area contributed by atoms with Gasteiger partial charge in [0.05, 0.1) is 18.6 Å². The molecule has 0 bridgehead atoms. The van der Waals surface area contributed by atoms with Crippen LogP contribution >= 0.6 is 0 Å². The summed E-state index contributed by atoms with van der Waals surface area (Å²) in [6.07, 6.45) is 0. The maximum Gasteiger partial charge on any atom is 0.243 e. The molecule has 0 spiro atoms. The molecule has 7 heteroatoms. The number of hydrogen-bond acceptors (Lipinski definition) is 4. The first-order valence-corrected chi connectivity index (χ1v) is 11.7. The number of nitrogens with one attached hydrogen (secondary N) is 1. The lowest BCUT2D eigenvalue weighted by Crippen LogP contribution is -2.37. The van der Waals surface area contributed by atoms with Gasteiger partial charge in [-0.2, -0.15) is 4.31 Å². The van der Waals surface area contributed by atoms with Crippen molar-refractivity contribution in [1.29, 1.82) is 0 Å². The van der Waals surface area contributed by atoms with E-state index in [1.807, 2.05) is 62.4 Å². The summed E-state index contributed by atoms with van der Waals surface area (Å²) in [5, 5.41) is 2.81. The molecule has 3 rings (SSSR count). The second-order valence-corrected chi connectivity index (χ2v) is 9.68. The highest BCUT2D eigenvalue weighted by Crippen LogP contribution is 2.25.